The SMILES string of the molecule is CC(C)N(CC1CCCNC1)C(=O)c1ccsc1. The van der Waals surface area contributed by atoms with Gasteiger partial charge in [0.25, 0.3) is 5.91 Å². The number of carbonyl (C=O) groups is 1. The summed E-state index contributed by atoms with van der Waals surface area (Å²) < 4.78 is 0. The zero-order valence-electron chi connectivity index (χ0n) is 11.2. The van der Waals surface area contributed by atoms with Crippen molar-refractivity contribution in [2.45, 2.75) is 32.7 Å². The topological polar surface area (TPSA) is 32.3 Å². The molecule has 0 aromatic carbocycles. The zero-order valence-corrected chi connectivity index (χ0v) is 12.0. The number of thiophene rings is 1. The van der Waals surface area contributed by atoms with Gasteiger partial charge in [0, 0.05) is 18.0 Å². The van der Waals surface area contributed by atoms with Crippen LogP contribution in [0.4, 0.5) is 0 Å². The molecule has 1 aromatic heterocycles. The van der Waals surface area contributed by atoms with E-state index in [0.717, 1.165) is 25.2 Å². The van der Waals surface area contributed by atoms with E-state index in [-0.39, 0.29) is 11.9 Å². The molecule has 2 rings (SSSR count). The van der Waals surface area contributed by atoms with Crippen molar-refractivity contribution in [2.24, 2.45) is 5.92 Å². The molecule has 100 valence electrons. The first-order valence-corrected chi connectivity index (χ1v) is 7.66. The summed E-state index contributed by atoms with van der Waals surface area (Å²) in [6, 6.07) is 2.18. The van der Waals surface area contributed by atoms with Crippen LogP contribution < -0.4 is 5.32 Å². The highest BCUT2D eigenvalue weighted by Gasteiger charge is 2.23. The largest absolute Gasteiger partial charge is 0.336 e. The highest BCUT2D eigenvalue weighted by Crippen LogP contribution is 2.17. The normalized spacial score (nSPS) is 20.1. The van der Waals surface area contributed by atoms with E-state index in [4.69, 9.17) is 0 Å². The Labute approximate surface area is 113 Å². The standard InChI is InChI=1S/C14H22N2OS/c1-11(2)16(9-12-4-3-6-15-8-12)14(17)13-5-7-18-10-13/h5,7,10-12,15H,3-4,6,8-9H2,1-2H3. The molecule has 1 N–H and O–H groups in total. The van der Waals surface area contributed by atoms with Crippen LogP contribution in [0.15, 0.2) is 16.8 Å². The number of nitrogens with zero attached hydrogens (tertiary/aromatic N) is 1. The molecular weight excluding hydrogens is 244 g/mol. The molecule has 1 aromatic rings. The van der Waals surface area contributed by atoms with Crippen molar-refractivity contribution in [3.05, 3.63) is 22.4 Å². The Balaban J connectivity index is 2.01. The van der Waals surface area contributed by atoms with Gasteiger partial charge < -0.3 is 10.2 Å². The third-order valence-corrected chi connectivity index (χ3v) is 4.19. The van der Waals surface area contributed by atoms with Crippen LogP contribution in [0.5, 0.6) is 0 Å². The summed E-state index contributed by atoms with van der Waals surface area (Å²) in [5.41, 5.74) is 0.831. The Hall–Kier alpha value is -0.870. The van der Waals surface area contributed by atoms with Gasteiger partial charge in [0.1, 0.15) is 0 Å². The van der Waals surface area contributed by atoms with E-state index in [1.165, 1.54) is 12.8 Å². The predicted octanol–water partition coefficient (Wildman–Crippen LogP) is 2.60. The number of amides is 1. The van der Waals surface area contributed by atoms with Crippen molar-refractivity contribution in [1.82, 2.24) is 10.2 Å². The minimum Gasteiger partial charge on any atom is -0.336 e. The lowest BCUT2D eigenvalue weighted by Crippen LogP contribution is -2.44. The van der Waals surface area contributed by atoms with Crippen LogP contribution in [0.25, 0.3) is 0 Å². The second-order valence-corrected chi connectivity index (χ2v) is 6.06. The predicted molar refractivity (Wildman–Crippen MR) is 76.1 cm³/mol. The molecule has 1 amide bonds. The molecule has 3 nitrogen and oxygen atoms in total. The average molecular weight is 266 g/mol. The molecule has 0 spiro atoms. The van der Waals surface area contributed by atoms with Crippen molar-refractivity contribution >= 4 is 17.2 Å². The quantitative estimate of drug-likeness (QED) is 0.908. The fourth-order valence-corrected chi connectivity index (χ4v) is 3.07. The van der Waals surface area contributed by atoms with Crippen LogP contribution in [0.2, 0.25) is 0 Å². The Morgan fingerprint density at radius 1 is 1.61 bits per heavy atom. The van der Waals surface area contributed by atoms with Gasteiger partial charge >= 0.3 is 0 Å². The Kier molecular flexibility index (Phi) is 4.78. The second-order valence-electron chi connectivity index (χ2n) is 5.28. The third kappa shape index (κ3) is 3.33. The van der Waals surface area contributed by atoms with E-state index in [1.54, 1.807) is 11.3 Å². The summed E-state index contributed by atoms with van der Waals surface area (Å²) >= 11 is 1.58. The first kappa shape index (κ1) is 13.6. The van der Waals surface area contributed by atoms with Gasteiger partial charge in [0.2, 0.25) is 0 Å². The van der Waals surface area contributed by atoms with Gasteiger partial charge in [-0.2, -0.15) is 11.3 Å². The molecule has 1 atom stereocenters. The fourth-order valence-electron chi connectivity index (χ4n) is 2.44. The van der Waals surface area contributed by atoms with E-state index in [1.807, 2.05) is 21.7 Å². The van der Waals surface area contributed by atoms with Gasteiger partial charge in [-0.1, -0.05) is 0 Å². The number of carbonyl (C=O) groups excluding carboxylic acids is 1. The van der Waals surface area contributed by atoms with Gasteiger partial charge in [-0.05, 0) is 57.1 Å². The molecule has 1 aliphatic rings. The monoisotopic (exact) mass is 266 g/mol. The number of piperidine rings is 1. The van der Waals surface area contributed by atoms with Crippen LogP contribution in [-0.4, -0.2) is 36.5 Å². The molecule has 18 heavy (non-hydrogen) atoms. The van der Waals surface area contributed by atoms with Crippen molar-refractivity contribution in [1.29, 1.82) is 0 Å². The molecule has 2 heterocycles. The van der Waals surface area contributed by atoms with Crippen LogP contribution in [-0.2, 0) is 0 Å². The van der Waals surface area contributed by atoms with Gasteiger partial charge in [-0.15, -0.1) is 0 Å². The molecule has 0 saturated carbocycles. The third-order valence-electron chi connectivity index (χ3n) is 3.51. The molecule has 4 heteroatoms. The van der Waals surface area contributed by atoms with Crippen molar-refractivity contribution in [3.8, 4) is 0 Å². The van der Waals surface area contributed by atoms with Crippen molar-refractivity contribution in [3.63, 3.8) is 0 Å². The fraction of sp³-hybridized carbons (Fsp3) is 0.643. The molecule has 1 unspecified atom stereocenters. The lowest BCUT2D eigenvalue weighted by molar-refractivity contribution is 0.0661. The van der Waals surface area contributed by atoms with Crippen LogP contribution in [0, 0.1) is 5.92 Å². The van der Waals surface area contributed by atoms with Crippen LogP contribution in [0.1, 0.15) is 37.0 Å². The average Bonchev–Trinajstić information content (AvgIpc) is 2.90. The van der Waals surface area contributed by atoms with Gasteiger partial charge in [0.15, 0.2) is 0 Å². The van der Waals surface area contributed by atoms with Crippen LogP contribution in [0.3, 0.4) is 0 Å². The Morgan fingerprint density at radius 3 is 3.00 bits per heavy atom. The molecule has 1 aliphatic heterocycles. The maximum Gasteiger partial charge on any atom is 0.254 e. The number of hydrogen-bond donors (Lipinski definition) is 1. The maximum absolute atomic E-state index is 12.4. The number of nitrogens with one attached hydrogen (secondary N) is 1. The van der Waals surface area contributed by atoms with Crippen molar-refractivity contribution < 1.29 is 4.79 Å². The highest BCUT2D eigenvalue weighted by molar-refractivity contribution is 7.08. The van der Waals surface area contributed by atoms with E-state index >= 15 is 0 Å². The minimum absolute atomic E-state index is 0.178. The van der Waals surface area contributed by atoms with E-state index in [0.29, 0.717) is 5.92 Å². The first-order valence-electron chi connectivity index (χ1n) is 6.72. The van der Waals surface area contributed by atoms with E-state index in [2.05, 4.69) is 19.2 Å². The molecule has 0 bridgehead atoms. The summed E-state index contributed by atoms with van der Waals surface area (Å²) in [5, 5.41) is 7.32. The van der Waals surface area contributed by atoms with Gasteiger partial charge in [-0.3, -0.25) is 4.79 Å². The van der Waals surface area contributed by atoms with Crippen LogP contribution >= 0.6 is 11.3 Å². The second kappa shape index (κ2) is 6.34. The van der Waals surface area contributed by atoms with Gasteiger partial charge in [0.05, 0.1) is 5.56 Å². The number of hydrogen-bond acceptors (Lipinski definition) is 3. The lowest BCUT2D eigenvalue weighted by atomic mass is 9.98. The lowest BCUT2D eigenvalue weighted by Gasteiger charge is -2.32. The molecular formula is C14H22N2OS. The Bertz CT molecular complexity index is 369. The first-order chi connectivity index (χ1) is 8.68. The summed E-state index contributed by atoms with van der Waals surface area (Å²) in [6.45, 7) is 7.23. The summed E-state index contributed by atoms with van der Waals surface area (Å²) in [7, 11) is 0. The van der Waals surface area contributed by atoms with Crippen molar-refractivity contribution in [2.75, 3.05) is 19.6 Å². The highest BCUT2D eigenvalue weighted by atomic mass is 32.1. The molecule has 0 radical (unpaired) electrons. The summed E-state index contributed by atoms with van der Waals surface area (Å²) in [4.78, 5) is 14.4. The number of rotatable bonds is 4. The zero-order chi connectivity index (χ0) is 13.0. The maximum atomic E-state index is 12.4. The molecule has 0 aliphatic carbocycles. The Morgan fingerprint density at radius 2 is 2.44 bits per heavy atom. The van der Waals surface area contributed by atoms with E-state index in [9.17, 15) is 4.79 Å². The minimum atomic E-state index is 0.178. The van der Waals surface area contributed by atoms with E-state index < -0.39 is 0 Å². The molecule has 1 fully saturated rings. The summed E-state index contributed by atoms with van der Waals surface area (Å²) in [5.74, 6) is 0.778. The van der Waals surface area contributed by atoms with Gasteiger partial charge in [-0.25, -0.2) is 0 Å². The molecule has 1 saturated heterocycles. The summed E-state index contributed by atoms with van der Waals surface area (Å²) in [6.07, 6.45) is 2.45. The smallest absolute Gasteiger partial charge is 0.254 e.